The fourth-order valence-corrected chi connectivity index (χ4v) is 2.83. The summed E-state index contributed by atoms with van der Waals surface area (Å²) in [6, 6.07) is 4.48. The number of carboxylic acids is 1. The van der Waals surface area contributed by atoms with Crippen LogP contribution in [0.25, 0.3) is 0 Å². The number of hydrogen-bond donors (Lipinski definition) is 2. The van der Waals surface area contributed by atoms with Gasteiger partial charge in [-0.05, 0) is 39.0 Å². The van der Waals surface area contributed by atoms with Crippen LogP contribution in [-0.4, -0.2) is 41.0 Å². The SMILES string of the molecule is COc1cc(C(=O)O)cc(NC(=O)CC(C)n2nc(C)cc2C)c1OC. The molecule has 8 heteroatoms. The first-order valence-electron chi connectivity index (χ1n) is 8.08. The normalized spacial score (nSPS) is 11.7. The third-order valence-corrected chi connectivity index (χ3v) is 3.94. The number of hydrogen-bond acceptors (Lipinski definition) is 5. The Hall–Kier alpha value is -3.03. The van der Waals surface area contributed by atoms with E-state index in [-0.39, 0.29) is 41.1 Å². The van der Waals surface area contributed by atoms with Crippen molar-refractivity contribution in [3.63, 3.8) is 0 Å². The topological polar surface area (TPSA) is 103 Å². The Morgan fingerprint density at radius 1 is 1.23 bits per heavy atom. The molecule has 0 fully saturated rings. The summed E-state index contributed by atoms with van der Waals surface area (Å²) < 4.78 is 12.2. The largest absolute Gasteiger partial charge is 0.493 e. The lowest BCUT2D eigenvalue weighted by Gasteiger charge is -2.17. The van der Waals surface area contributed by atoms with Crippen molar-refractivity contribution < 1.29 is 24.2 Å². The van der Waals surface area contributed by atoms with Gasteiger partial charge in [-0.1, -0.05) is 0 Å². The van der Waals surface area contributed by atoms with Gasteiger partial charge in [0.05, 0.1) is 37.2 Å². The zero-order chi connectivity index (χ0) is 19.4. The molecule has 140 valence electrons. The highest BCUT2D eigenvalue weighted by Gasteiger charge is 2.19. The number of anilines is 1. The zero-order valence-electron chi connectivity index (χ0n) is 15.5. The van der Waals surface area contributed by atoms with Gasteiger partial charge in [0, 0.05) is 12.1 Å². The maximum atomic E-state index is 12.5. The van der Waals surface area contributed by atoms with Gasteiger partial charge in [0.2, 0.25) is 5.91 Å². The second-order valence-corrected chi connectivity index (χ2v) is 6.04. The van der Waals surface area contributed by atoms with E-state index in [9.17, 15) is 14.7 Å². The van der Waals surface area contributed by atoms with E-state index in [1.54, 1.807) is 4.68 Å². The van der Waals surface area contributed by atoms with E-state index < -0.39 is 5.97 Å². The van der Waals surface area contributed by atoms with Crippen LogP contribution >= 0.6 is 0 Å². The minimum Gasteiger partial charge on any atom is -0.493 e. The predicted molar refractivity (Wildman–Crippen MR) is 96.2 cm³/mol. The number of carbonyl (C=O) groups excluding carboxylic acids is 1. The molecule has 8 nitrogen and oxygen atoms in total. The number of carbonyl (C=O) groups is 2. The van der Waals surface area contributed by atoms with Gasteiger partial charge >= 0.3 is 5.97 Å². The van der Waals surface area contributed by atoms with Crippen molar-refractivity contribution in [3.05, 3.63) is 35.2 Å². The molecular formula is C18H23N3O5. The molecular weight excluding hydrogens is 338 g/mol. The van der Waals surface area contributed by atoms with Crippen molar-refractivity contribution in [2.24, 2.45) is 0 Å². The van der Waals surface area contributed by atoms with Crippen LogP contribution in [0, 0.1) is 13.8 Å². The van der Waals surface area contributed by atoms with Crippen LogP contribution in [0.3, 0.4) is 0 Å². The Morgan fingerprint density at radius 3 is 2.42 bits per heavy atom. The third kappa shape index (κ3) is 4.14. The maximum Gasteiger partial charge on any atom is 0.335 e. The molecule has 0 saturated carbocycles. The second-order valence-electron chi connectivity index (χ2n) is 6.04. The molecule has 0 saturated heterocycles. The van der Waals surface area contributed by atoms with Crippen molar-refractivity contribution in [2.75, 3.05) is 19.5 Å². The number of aromatic nitrogens is 2. The van der Waals surface area contributed by atoms with Gasteiger partial charge in [0.15, 0.2) is 11.5 Å². The van der Waals surface area contributed by atoms with Gasteiger partial charge in [-0.25, -0.2) is 4.79 Å². The quantitative estimate of drug-likeness (QED) is 0.786. The minimum atomic E-state index is -1.13. The van der Waals surface area contributed by atoms with E-state index >= 15 is 0 Å². The minimum absolute atomic E-state index is 0.00968. The van der Waals surface area contributed by atoms with Gasteiger partial charge in [0.1, 0.15) is 0 Å². The Morgan fingerprint density at radius 2 is 1.92 bits per heavy atom. The molecule has 2 N–H and O–H groups in total. The molecule has 1 amide bonds. The van der Waals surface area contributed by atoms with Crippen LogP contribution in [0.5, 0.6) is 11.5 Å². The summed E-state index contributed by atoms with van der Waals surface area (Å²) >= 11 is 0. The molecule has 1 aromatic heterocycles. The molecule has 0 spiro atoms. The van der Waals surface area contributed by atoms with E-state index in [1.807, 2.05) is 26.8 Å². The first-order chi connectivity index (χ1) is 12.3. The summed E-state index contributed by atoms with van der Waals surface area (Å²) in [5.74, 6) is -0.913. The van der Waals surface area contributed by atoms with Crippen molar-refractivity contribution in [1.29, 1.82) is 0 Å². The molecule has 1 unspecified atom stereocenters. The summed E-state index contributed by atoms with van der Waals surface area (Å²) in [5, 5.41) is 16.3. The lowest BCUT2D eigenvalue weighted by molar-refractivity contribution is -0.116. The predicted octanol–water partition coefficient (Wildman–Crippen LogP) is 2.81. The van der Waals surface area contributed by atoms with Crippen LogP contribution in [0.1, 0.15) is 41.1 Å². The smallest absolute Gasteiger partial charge is 0.335 e. The molecule has 1 aromatic carbocycles. The van der Waals surface area contributed by atoms with Gasteiger partial charge in [0.25, 0.3) is 0 Å². The number of aromatic carboxylic acids is 1. The summed E-state index contributed by atoms with van der Waals surface area (Å²) in [5.41, 5.74) is 2.09. The van der Waals surface area contributed by atoms with Crippen molar-refractivity contribution >= 4 is 17.6 Å². The highest BCUT2D eigenvalue weighted by atomic mass is 16.5. The number of methoxy groups -OCH3 is 2. The van der Waals surface area contributed by atoms with E-state index in [0.717, 1.165) is 11.4 Å². The van der Waals surface area contributed by atoms with Gasteiger partial charge in [-0.3, -0.25) is 9.48 Å². The fraction of sp³-hybridized carbons (Fsp3) is 0.389. The number of aryl methyl sites for hydroxylation is 2. The highest BCUT2D eigenvalue weighted by molar-refractivity contribution is 5.96. The van der Waals surface area contributed by atoms with Gasteiger partial charge in [-0.2, -0.15) is 5.10 Å². The van der Waals surface area contributed by atoms with Crippen LogP contribution in [0.15, 0.2) is 18.2 Å². The molecule has 2 rings (SSSR count). The molecule has 26 heavy (non-hydrogen) atoms. The van der Waals surface area contributed by atoms with E-state index in [4.69, 9.17) is 9.47 Å². The number of carboxylic acid groups (broad SMARTS) is 1. The number of nitrogens with zero attached hydrogens (tertiary/aromatic N) is 2. The highest BCUT2D eigenvalue weighted by Crippen LogP contribution is 2.37. The van der Waals surface area contributed by atoms with E-state index in [2.05, 4.69) is 10.4 Å². The van der Waals surface area contributed by atoms with Crippen molar-refractivity contribution in [3.8, 4) is 11.5 Å². The second kappa shape index (κ2) is 7.90. The Labute approximate surface area is 151 Å². The lowest BCUT2D eigenvalue weighted by atomic mass is 10.1. The van der Waals surface area contributed by atoms with Crippen molar-refractivity contribution in [2.45, 2.75) is 33.2 Å². The molecule has 1 atom stereocenters. The van der Waals surface area contributed by atoms with Crippen LogP contribution < -0.4 is 14.8 Å². The molecule has 0 aliphatic carbocycles. The number of ether oxygens (including phenoxy) is 2. The molecule has 2 aromatic rings. The first-order valence-corrected chi connectivity index (χ1v) is 8.08. The molecule has 0 aliphatic rings. The Balaban J connectivity index is 2.23. The summed E-state index contributed by atoms with van der Waals surface area (Å²) in [7, 11) is 2.83. The third-order valence-electron chi connectivity index (χ3n) is 3.94. The summed E-state index contributed by atoms with van der Waals surface area (Å²) in [6.45, 7) is 5.72. The zero-order valence-corrected chi connectivity index (χ0v) is 15.5. The number of nitrogens with one attached hydrogen (secondary N) is 1. The van der Waals surface area contributed by atoms with Crippen LogP contribution in [0.2, 0.25) is 0 Å². The number of benzene rings is 1. The average molecular weight is 361 g/mol. The average Bonchev–Trinajstić information content (AvgIpc) is 2.92. The van der Waals surface area contributed by atoms with E-state index in [0.29, 0.717) is 0 Å². The Kier molecular flexibility index (Phi) is 5.86. The van der Waals surface area contributed by atoms with Crippen LogP contribution in [-0.2, 0) is 4.79 Å². The summed E-state index contributed by atoms with van der Waals surface area (Å²) in [6.07, 6.45) is 0.171. The molecule has 0 aliphatic heterocycles. The maximum absolute atomic E-state index is 12.5. The van der Waals surface area contributed by atoms with Crippen LogP contribution in [0.4, 0.5) is 5.69 Å². The van der Waals surface area contributed by atoms with Gasteiger partial charge < -0.3 is 19.9 Å². The molecule has 1 heterocycles. The van der Waals surface area contributed by atoms with Crippen molar-refractivity contribution in [1.82, 2.24) is 9.78 Å². The fourth-order valence-electron chi connectivity index (χ4n) is 2.83. The molecule has 0 radical (unpaired) electrons. The lowest BCUT2D eigenvalue weighted by Crippen LogP contribution is -2.19. The number of rotatable bonds is 7. The summed E-state index contributed by atoms with van der Waals surface area (Å²) in [4.78, 5) is 23.8. The molecule has 0 bridgehead atoms. The first kappa shape index (κ1) is 19.3. The number of amides is 1. The van der Waals surface area contributed by atoms with E-state index in [1.165, 1.54) is 26.4 Å². The Bertz CT molecular complexity index is 828. The standard InChI is InChI=1S/C18H23N3O5/c1-10-6-11(2)21(20-10)12(3)7-16(22)19-14-8-13(18(23)24)9-15(25-4)17(14)26-5/h6,8-9,12H,7H2,1-5H3,(H,19,22)(H,23,24). The monoisotopic (exact) mass is 361 g/mol. The van der Waals surface area contributed by atoms with Gasteiger partial charge in [-0.15, -0.1) is 0 Å².